The Kier molecular flexibility index (Phi) is 4.47. The van der Waals surface area contributed by atoms with Crippen LogP contribution in [0.1, 0.15) is 39.0 Å². The molecule has 19 heavy (non-hydrogen) atoms. The summed E-state index contributed by atoms with van der Waals surface area (Å²) in [5.74, 6) is -0.362. The van der Waals surface area contributed by atoms with Gasteiger partial charge in [-0.15, -0.1) is 0 Å². The van der Waals surface area contributed by atoms with Gasteiger partial charge in [0.15, 0.2) is 0 Å². The second kappa shape index (κ2) is 5.76. The maximum atomic E-state index is 12.5. The predicted molar refractivity (Wildman–Crippen MR) is 70.9 cm³/mol. The van der Waals surface area contributed by atoms with Crippen molar-refractivity contribution in [1.82, 2.24) is 8.61 Å². The van der Waals surface area contributed by atoms with Crippen LogP contribution >= 0.6 is 0 Å². The van der Waals surface area contributed by atoms with Crippen molar-refractivity contribution in [3.8, 4) is 0 Å². The van der Waals surface area contributed by atoms with Crippen molar-refractivity contribution >= 4 is 16.2 Å². The third-order valence-corrected chi connectivity index (χ3v) is 6.19. The third kappa shape index (κ3) is 3.27. The van der Waals surface area contributed by atoms with Crippen LogP contribution < -0.4 is 0 Å². The minimum Gasteiger partial charge on any atom is -0.481 e. The highest BCUT2D eigenvalue weighted by molar-refractivity contribution is 7.86. The van der Waals surface area contributed by atoms with Crippen LogP contribution in [-0.2, 0) is 15.0 Å². The fourth-order valence-corrected chi connectivity index (χ4v) is 4.77. The van der Waals surface area contributed by atoms with Crippen LogP contribution in [0, 0.1) is 5.92 Å². The summed E-state index contributed by atoms with van der Waals surface area (Å²) < 4.78 is 28.0. The third-order valence-electron chi connectivity index (χ3n) is 4.10. The number of carboxylic acid groups (broad SMARTS) is 1. The average Bonchev–Trinajstić information content (AvgIpc) is 2.77. The monoisotopic (exact) mass is 290 g/mol. The molecule has 0 spiro atoms. The lowest BCUT2D eigenvalue weighted by Gasteiger charge is -2.34. The van der Waals surface area contributed by atoms with E-state index in [4.69, 9.17) is 5.11 Å². The first-order chi connectivity index (χ1) is 8.91. The Balaban J connectivity index is 2.08. The Morgan fingerprint density at radius 3 is 2.42 bits per heavy atom. The topological polar surface area (TPSA) is 77.9 Å². The Morgan fingerprint density at radius 1 is 1.21 bits per heavy atom. The van der Waals surface area contributed by atoms with Crippen LogP contribution in [-0.4, -0.2) is 53.8 Å². The zero-order chi connectivity index (χ0) is 14.0. The molecule has 2 fully saturated rings. The fraction of sp³-hybridized carbons (Fsp3) is 0.917. The second-order valence-electron chi connectivity index (χ2n) is 5.59. The summed E-state index contributed by atoms with van der Waals surface area (Å²) in [6.07, 6.45) is 3.08. The summed E-state index contributed by atoms with van der Waals surface area (Å²) >= 11 is 0. The Bertz CT molecular complexity index is 429. The average molecular weight is 290 g/mol. The van der Waals surface area contributed by atoms with Gasteiger partial charge in [0.2, 0.25) is 0 Å². The number of hydrogen-bond donors (Lipinski definition) is 1. The van der Waals surface area contributed by atoms with Crippen molar-refractivity contribution in [2.24, 2.45) is 5.92 Å². The zero-order valence-corrected chi connectivity index (χ0v) is 12.1. The van der Waals surface area contributed by atoms with E-state index in [1.807, 2.05) is 0 Å². The van der Waals surface area contributed by atoms with Gasteiger partial charge in [0, 0.05) is 25.7 Å². The number of piperidine rings is 1. The molecule has 0 radical (unpaired) electrons. The molecule has 0 amide bonds. The molecule has 2 rings (SSSR count). The quantitative estimate of drug-likeness (QED) is 0.834. The molecule has 0 aromatic carbocycles. The molecule has 0 aromatic rings. The highest BCUT2D eigenvalue weighted by Gasteiger charge is 2.39. The van der Waals surface area contributed by atoms with E-state index in [0.29, 0.717) is 32.0 Å². The number of hydrogen-bond acceptors (Lipinski definition) is 3. The van der Waals surface area contributed by atoms with E-state index in [1.54, 1.807) is 0 Å². The van der Waals surface area contributed by atoms with E-state index in [2.05, 4.69) is 6.92 Å². The molecular weight excluding hydrogens is 268 g/mol. The number of nitrogens with zero attached hydrogens (tertiary/aromatic N) is 2. The van der Waals surface area contributed by atoms with E-state index in [-0.39, 0.29) is 12.5 Å². The van der Waals surface area contributed by atoms with Crippen molar-refractivity contribution < 1.29 is 18.3 Å². The molecule has 0 aromatic heterocycles. The van der Waals surface area contributed by atoms with Gasteiger partial charge in [0.1, 0.15) is 0 Å². The fourth-order valence-electron chi connectivity index (χ4n) is 2.88. The number of carboxylic acids is 1. The second-order valence-corrected chi connectivity index (χ2v) is 7.48. The molecule has 1 unspecified atom stereocenters. The molecule has 2 saturated heterocycles. The molecule has 0 aliphatic carbocycles. The van der Waals surface area contributed by atoms with Gasteiger partial charge in [-0.2, -0.15) is 17.0 Å². The SMILES string of the molecule is CC1CCN(S(=O)(=O)N2CCCC2CC(=O)O)CC1. The normalized spacial score (nSPS) is 27.7. The van der Waals surface area contributed by atoms with Gasteiger partial charge in [0.25, 0.3) is 10.2 Å². The molecule has 0 saturated carbocycles. The molecule has 1 N–H and O–H groups in total. The van der Waals surface area contributed by atoms with E-state index in [0.717, 1.165) is 19.3 Å². The smallest absolute Gasteiger partial charge is 0.304 e. The van der Waals surface area contributed by atoms with Gasteiger partial charge in [0.05, 0.1) is 6.42 Å². The minimum absolute atomic E-state index is 0.0938. The van der Waals surface area contributed by atoms with Crippen LogP contribution in [0.3, 0.4) is 0 Å². The molecule has 0 bridgehead atoms. The van der Waals surface area contributed by atoms with Gasteiger partial charge in [-0.05, 0) is 31.6 Å². The van der Waals surface area contributed by atoms with Crippen molar-refractivity contribution in [3.63, 3.8) is 0 Å². The van der Waals surface area contributed by atoms with Gasteiger partial charge < -0.3 is 5.11 Å². The molecule has 7 heteroatoms. The standard InChI is InChI=1S/C12H22N2O4S/c1-10-4-7-13(8-5-10)19(17,18)14-6-2-3-11(14)9-12(15)16/h10-11H,2-9H2,1H3,(H,15,16). The first-order valence-corrected chi connectivity index (χ1v) is 8.29. The van der Waals surface area contributed by atoms with Crippen LogP contribution in [0.5, 0.6) is 0 Å². The molecule has 2 aliphatic heterocycles. The van der Waals surface area contributed by atoms with Crippen molar-refractivity contribution in [2.45, 2.75) is 45.1 Å². The minimum atomic E-state index is -3.48. The Hall–Kier alpha value is -0.660. The highest BCUT2D eigenvalue weighted by atomic mass is 32.2. The van der Waals surface area contributed by atoms with E-state index in [1.165, 1.54) is 8.61 Å². The van der Waals surface area contributed by atoms with Crippen LogP contribution in [0.15, 0.2) is 0 Å². The maximum Gasteiger partial charge on any atom is 0.304 e. The molecule has 6 nitrogen and oxygen atoms in total. The Labute approximate surface area is 114 Å². The number of carbonyl (C=O) groups is 1. The molecule has 2 aliphatic rings. The molecule has 1 atom stereocenters. The van der Waals surface area contributed by atoms with Crippen molar-refractivity contribution in [2.75, 3.05) is 19.6 Å². The lowest BCUT2D eigenvalue weighted by Crippen LogP contribution is -2.49. The molecule has 2 heterocycles. The number of rotatable bonds is 4. The van der Waals surface area contributed by atoms with Gasteiger partial charge in [-0.3, -0.25) is 4.79 Å². The molecular formula is C12H22N2O4S. The van der Waals surface area contributed by atoms with Gasteiger partial charge in [-0.1, -0.05) is 6.92 Å². The van der Waals surface area contributed by atoms with E-state index in [9.17, 15) is 13.2 Å². The van der Waals surface area contributed by atoms with Crippen LogP contribution in [0.4, 0.5) is 0 Å². The zero-order valence-electron chi connectivity index (χ0n) is 11.3. The maximum absolute atomic E-state index is 12.5. The lowest BCUT2D eigenvalue weighted by molar-refractivity contribution is -0.137. The largest absolute Gasteiger partial charge is 0.481 e. The van der Waals surface area contributed by atoms with Crippen molar-refractivity contribution in [1.29, 1.82) is 0 Å². The van der Waals surface area contributed by atoms with Crippen LogP contribution in [0.25, 0.3) is 0 Å². The van der Waals surface area contributed by atoms with E-state index < -0.39 is 16.2 Å². The first kappa shape index (κ1) is 14.7. The number of aliphatic carboxylic acids is 1. The summed E-state index contributed by atoms with van der Waals surface area (Å²) in [7, 11) is -3.48. The molecule has 110 valence electrons. The van der Waals surface area contributed by atoms with Gasteiger partial charge in [-0.25, -0.2) is 0 Å². The Morgan fingerprint density at radius 2 is 1.84 bits per heavy atom. The summed E-state index contributed by atoms with van der Waals surface area (Å²) in [4.78, 5) is 10.8. The lowest BCUT2D eigenvalue weighted by atomic mass is 10.0. The highest BCUT2D eigenvalue weighted by Crippen LogP contribution is 2.28. The van der Waals surface area contributed by atoms with Crippen molar-refractivity contribution in [3.05, 3.63) is 0 Å². The summed E-state index contributed by atoms with van der Waals surface area (Å²) in [5.41, 5.74) is 0. The summed E-state index contributed by atoms with van der Waals surface area (Å²) in [6, 6.07) is -0.373. The first-order valence-electron chi connectivity index (χ1n) is 6.90. The predicted octanol–water partition coefficient (Wildman–Crippen LogP) is 0.902. The van der Waals surface area contributed by atoms with E-state index >= 15 is 0 Å². The van der Waals surface area contributed by atoms with Crippen LogP contribution in [0.2, 0.25) is 0 Å². The van der Waals surface area contributed by atoms with Gasteiger partial charge >= 0.3 is 5.97 Å². The summed E-state index contributed by atoms with van der Waals surface area (Å²) in [5, 5.41) is 8.87. The summed E-state index contributed by atoms with van der Waals surface area (Å²) in [6.45, 7) is 3.69.